The number of para-hydroxylation sites is 3. The van der Waals surface area contributed by atoms with Gasteiger partial charge in [0.15, 0.2) is 5.58 Å². The molecule has 8 aromatic carbocycles. The Labute approximate surface area is 281 Å². The van der Waals surface area contributed by atoms with Gasteiger partial charge < -0.3 is 13.6 Å². The van der Waals surface area contributed by atoms with Crippen LogP contribution < -0.4 is 0 Å². The van der Waals surface area contributed by atoms with Crippen molar-refractivity contribution in [1.29, 1.82) is 0 Å². The Balaban J connectivity index is 1.15. The molecule has 0 bridgehead atoms. The van der Waals surface area contributed by atoms with Gasteiger partial charge in [0.25, 0.3) is 0 Å². The van der Waals surface area contributed by atoms with Crippen LogP contribution >= 0.6 is 0 Å². The van der Waals surface area contributed by atoms with Crippen molar-refractivity contribution < 1.29 is 4.42 Å². The van der Waals surface area contributed by atoms with Crippen LogP contribution in [0.5, 0.6) is 0 Å². The molecule has 3 nitrogen and oxygen atoms in total. The molecule has 0 radical (unpaired) electrons. The maximum Gasteiger partial charge on any atom is 0.160 e. The minimum atomic E-state index is 0.909. The molecular weight excluding hydrogens is 597 g/mol. The molecule has 0 atom stereocenters. The molecule has 0 amide bonds. The van der Waals surface area contributed by atoms with Crippen molar-refractivity contribution in [2.24, 2.45) is 0 Å². The molecule has 0 saturated heterocycles. The van der Waals surface area contributed by atoms with E-state index in [1.54, 1.807) is 0 Å². The van der Waals surface area contributed by atoms with Crippen molar-refractivity contribution in [3.8, 4) is 22.5 Å². The quantitative estimate of drug-likeness (QED) is 0.192. The van der Waals surface area contributed by atoms with Gasteiger partial charge in [-0.3, -0.25) is 0 Å². The zero-order valence-corrected chi connectivity index (χ0v) is 26.5. The summed E-state index contributed by atoms with van der Waals surface area (Å²) in [4.78, 5) is 0. The first kappa shape index (κ1) is 26.5. The number of furan rings is 1. The lowest BCUT2D eigenvalue weighted by Crippen LogP contribution is -1.94. The lowest BCUT2D eigenvalue weighted by molar-refractivity contribution is 0.671. The van der Waals surface area contributed by atoms with Crippen molar-refractivity contribution in [2.75, 3.05) is 0 Å². The Hall–Kier alpha value is -6.58. The molecule has 228 valence electrons. The van der Waals surface area contributed by atoms with Gasteiger partial charge in [0.2, 0.25) is 0 Å². The average molecular weight is 625 g/mol. The Morgan fingerprint density at radius 2 is 0.980 bits per heavy atom. The summed E-state index contributed by atoms with van der Waals surface area (Å²) in [6, 6.07) is 61.3. The van der Waals surface area contributed by atoms with Gasteiger partial charge >= 0.3 is 0 Å². The molecule has 0 fully saturated rings. The maximum atomic E-state index is 6.60. The fourth-order valence-electron chi connectivity index (χ4n) is 8.05. The summed E-state index contributed by atoms with van der Waals surface area (Å²) in [5.41, 5.74) is 11.2. The van der Waals surface area contributed by atoms with Crippen LogP contribution in [0.4, 0.5) is 0 Å². The molecular formula is C46H28N2O. The van der Waals surface area contributed by atoms with Gasteiger partial charge in [0.1, 0.15) is 5.58 Å². The fourth-order valence-corrected chi connectivity index (χ4v) is 8.05. The molecule has 49 heavy (non-hydrogen) atoms. The molecule has 0 N–H and O–H groups in total. The van der Waals surface area contributed by atoms with Crippen LogP contribution in [0.1, 0.15) is 0 Å². The van der Waals surface area contributed by atoms with E-state index in [2.05, 4.69) is 173 Å². The molecule has 0 aliphatic rings. The number of rotatable bonds is 3. The number of hydrogen-bond donors (Lipinski definition) is 0. The third-order valence-electron chi connectivity index (χ3n) is 10.3. The van der Waals surface area contributed by atoms with Crippen LogP contribution in [-0.2, 0) is 0 Å². The second kappa shape index (κ2) is 9.96. The summed E-state index contributed by atoms with van der Waals surface area (Å²) < 4.78 is 11.4. The Kier molecular flexibility index (Phi) is 5.38. The predicted molar refractivity (Wildman–Crippen MR) is 205 cm³/mol. The molecule has 3 heterocycles. The van der Waals surface area contributed by atoms with Crippen LogP contribution in [0.15, 0.2) is 174 Å². The lowest BCUT2D eigenvalue weighted by atomic mass is 10.0. The molecule has 0 unspecified atom stereocenters. The van der Waals surface area contributed by atoms with Gasteiger partial charge in [-0.05, 0) is 88.6 Å². The summed E-state index contributed by atoms with van der Waals surface area (Å²) in [5.74, 6) is 0. The molecule has 0 saturated carbocycles. The summed E-state index contributed by atoms with van der Waals surface area (Å²) in [6.07, 6.45) is 0. The molecule has 11 aromatic rings. The number of hydrogen-bond acceptors (Lipinski definition) is 1. The van der Waals surface area contributed by atoms with Gasteiger partial charge in [0, 0.05) is 43.7 Å². The van der Waals surface area contributed by atoms with E-state index in [9.17, 15) is 0 Å². The summed E-state index contributed by atoms with van der Waals surface area (Å²) >= 11 is 0. The van der Waals surface area contributed by atoms with Gasteiger partial charge in [-0.1, -0.05) is 103 Å². The number of fused-ring (bicyclic) bond motifs is 11. The highest BCUT2D eigenvalue weighted by molar-refractivity contribution is 6.22. The third kappa shape index (κ3) is 3.78. The molecule has 0 aliphatic carbocycles. The largest absolute Gasteiger partial charge is 0.454 e. The first-order chi connectivity index (χ1) is 24.3. The standard InChI is InChI=1S/C46H28N2O/c1-2-12-33(13-3-1)48-43-25-20-32(28-40(43)37-22-23-38-36-15-7-9-17-44(36)49-46(38)45(37)48)31-19-24-42-39(27-31)35-14-6-8-16-41(35)47(42)34-21-18-29-10-4-5-11-30(29)26-34/h1-28H. The smallest absolute Gasteiger partial charge is 0.160 e. The van der Waals surface area contributed by atoms with Crippen molar-refractivity contribution in [1.82, 2.24) is 9.13 Å². The van der Waals surface area contributed by atoms with E-state index in [1.165, 1.54) is 60.2 Å². The molecule has 3 heteroatoms. The van der Waals surface area contributed by atoms with Crippen LogP contribution in [0.3, 0.4) is 0 Å². The average Bonchev–Trinajstić information content (AvgIpc) is 3.82. The van der Waals surface area contributed by atoms with Crippen molar-refractivity contribution in [3.63, 3.8) is 0 Å². The second-order valence-electron chi connectivity index (χ2n) is 13.0. The zero-order chi connectivity index (χ0) is 32.1. The van der Waals surface area contributed by atoms with E-state index in [0.29, 0.717) is 0 Å². The lowest BCUT2D eigenvalue weighted by Gasteiger charge is -2.10. The summed E-state index contributed by atoms with van der Waals surface area (Å²) in [7, 11) is 0. The Morgan fingerprint density at radius 1 is 0.347 bits per heavy atom. The minimum Gasteiger partial charge on any atom is -0.454 e. The van der Waals surface area contributed by atoms with E-state index < -0.39 is 0 Å². The van der Waals surface area contributed by atoms with Crippen LogP contribution in [0.25, 0.3) is 98.8 Å². The van der Waals surface area contributed by atoms with Gasteiger partial charge in [-0.2, -0.15) is 0 Å². The topological polar surface area (TPSA) is 23.0 Å². The van der Waals surface area contributed by atoms with E-state index in [4.69, 9.17) is 4.42 Å². The first-order valence-corrected chi connectivity index (χ1v) is 16.8. The van der Waals surface area contributed by atoms with Crippen LogP contribution in [-0.4, -0.2) is 9.13 Å². The normalized spacial score (nSPS) is 12.1. The zero-order valence-electron chi connectivity index (χ0n) is 26.5. The van der Waals surface area contributed by atoms with E-state index in [-0.39, 0.29) is 0 Å². The minimum absolute atomic E-state index is 0.909. The monoisotopic (exact) mass is 624 g/mol. The molecule has 3 aromatic heterocycles. The van der Waals surface area contributed by atoms with Crippen molar-refractivity contribution in [3.05, 3.63) is 170 Å². The maximum absolute atomic E-state index is 6.60. The summed E-state index contributed by atoms with van der Waals surface area (Å²) in [5, 5.41) is 9.65. The Bertz CT molecular complexity index is 3100. The van der Waals surface area contributed by atoms with E-state index in [0.717, 1.165) is 38.7 Å². The van der Waals surface area contributed by atoms with Crippen LogP contribution in [0, 0.1) is 0 Å². The fraction of sp³-hybridized carbons (Fsp3) is 0. The Morgan fingerprint density at radius 3 is 1.82 bits per heavy atom. The SMILES string of the molecule is c1ccc(-n2c3ccc(-c4ccc5c(c4)c4ccccc4n5-c4ccc5ccccc5c4)cc3c3ccc4c5ccccc5oc4c32)cc1. The second-order valence-corrected chi connectivity index (χ2v) is 13.0. The van der Waals surface area contributed by atoms with Crippen LogP contribution in [0.2, 0.25) is 0 Å². The van der Waals surface area contributed by atoms with E-state index >= 15 is 0 Å². The molecule has 11 rings (SSSR count). The number of benzene rings is 8. The highest BCUT2D eigenvalue weighted by atomic mass is 16.3. The van der Waals surface area contributed by atoms with Gasteiger partial charge in [-0.15, -0.1) is 0 Å². The number of nitrogens with zero attached hydrogens (tertiary/aromatic N) is 2. The van der Waals surface area contributed by atoms with Gasteiger partial charge in [0.05, 0.1) is 22.1 Å². The molecule has 0 spiro atoms. The molecule has 0 aliphatic heterocycles. The predicted octanol–water partition coefficient (Wildman–Crippen LogP) is 12.6. The summed E-state index contributed by atoms with van der Waals surface area (Å²) in [6.45, 7) is 0. The van der Waals surface area contributed by atoms with Gasteiger partial charge in [-0.25, -0.2) is 0 Å². The third-order valence-corrected chi connectivity index (χ3v) is 10.3. The first-order valence-electron chi connectivity index (χ1n) is 16.8. The van der Waals surface area contributed by atoms with Crippen molar-refractivity contribution >= 4 is 76.3 Å². The van der Waals surface area contributed by atoms with Crippen molar-refractivity contribution in [2.45, 2.75) is 0 Å². The highest BCUT2D eigenvalue weighted by Crippen LogP contribution is 2.42. The van der Waals surface area contributed by atoms with E-state index in [1.807, 2.05) is 6.07 Å². The highest BCUT2D eigenvalue weighted by Gasteiger charge is 2.20. The number of aromatic nitrogens is 2.